The fourth-order valence-electron chi connectivity index (χ4n) is 2.12. The Morgan fingerprint density at radius 2 is 1.95 bits per heavy atom. The lowest BCUT2D eigenvalue weighted by atomic mass is 10.0. The molecule has 1 aromatic heterocycles. The summed E-state index contributed by atoms with van der Waals surface area (Å²) in [6.45, 7) is 12.2. The van der Waals surface area contributed by atoms with Crippen LogP contribution < -0.4 is 5.32 Å². The Hall–Kier alpha value is -0.870. The van der Waals surface area contributed by atoms with E-state index in [0.717, 1.165) is 25.5 Å². The van der Waals surface area contributed by atoms with Gasteiger partial charge in [0.2, 0.25) is 0 Å². The van der Waals surface area contributed by atoms with Crippen LogP contribution in [0.3, 0.4) is 0 Å². The molecule has 19 heavy (non-hydrogen) atoms. The van der Waals surface area contributed by atoms with Crippen molar-refractivity contribution in [2.24, 2.45) is 18.9 Å². The van der Waals surface area contributed by atoms with Crippen molar-refractivity contribution in [2.45, 2.75) is 40.3 Å². The highest BCUT2D eigenvalue weighted by molar-refractivity contribution is 4.91. The zero-order chi connectivity index (χ0) is 14.4. The second kappa shape index (κ2) is 7.65. The van der Waals surface area contributed by atoms with Gasteiger partial charge >= 0.3 is 0 Å². The molecule has 1 N–H and O–H groups in total. The molecular weight excluding hydrogens is 236 g/mol. The molecule has 0 aromatic carbocycles. The smallest absolute Gasteiger partial charge is 0.122 e. The molecular formula is C15H30N4. The number of aryl methyl sites for hydroxylation is 1. The number of hydrogen-bond donors (Lipinski definition) is 1. The van der Waals surface area contributed by atoms with Crippen LogP contribution in [0.1, 0.15) is 33.5 Å². The molecule has 0 saturated carbocycles. The molecule has 0 bridgehead atoms. The van der Waals surface area contributed by atoms with Gasteiger partial charge in [0, 0.05) is 25.5 Å². The Morgan fingerprint density at radius 3 is 2.47 bits per heavy atom. The first kappa shape index (κ1) is 16.2. The third-order valence-corrected chi connectivity index (χ3v) is 3.85. The Kier molecular flexibility index (Phi) is 6.52. The van der Waals surface area contributed by atoms with Crippen LogP contribution in [0.5, 0.6) is 0 Å². The average molecular weight is 266 g/mol. The molecule has 4 heteroatoms. The predicted molar refractivity (Wildman–Crippen MR) is 81.0 cm³/mol. The van der Waals surface area contributed by atoms with Gasteiger partial charge in [-0.05, 0) is 38.9 Å². The van der Waals surface area contributed by atoms with E-state index in [1.165, 1.54) is 0 Å². The minimum atomic E-state index is 0.538. The van der Waals surface area contributed by atoms with Crippen LogP contribution >= 0.6 is 0 Å². The minimum absolute atomic E-state index is 0.538. The molecule has 1 aromatic rings. The van der Waals surface area contributed by atoms with Gasteiger partial charge in [0.05, 0.1) is 6.54 Å². The first-order valence-corrected chi connectivity index (χ1v) is 7.29. The molecule has 0 amide bonds. The van der Waals surface area contributed by atoms with Crippen molar-refractivity contribution in [3.05, 3.63) is 18.2 Å². The summed E-state index contributed by atoms with van der Waals surface area (Å²) in [5.74, 6) is 2.47. The van der Waals surface area contributed by atoms with E-state index in [1.54, 1.807) is 0 Å². The Labute approximate surface area is 118 Å². The van der Waals surface area contributed by atoms with Crippen molar-refractivity contribution >= 4 is 0 Å². The summed E-state index contributed by atoms with van der Waals surface area (Å²) in [5.41, 5.74) is 0. The molecule has 0 aliphatic heterocycles. The second-order valence-electron chi connectivity index (χ2n) is 6.14. The predicted octanol–water partition coefficient (Wildman–Crippen LogP) is 2.12. The molecule has 4 nitrogen and oxygen atoms in total. The van der Waals surface area contributed by atoms with Crippen LogP contribution in [0.2, 0.25) is 0 Å². The van der Waals surface area contributed by atoms with Crippen molar-refractivity contribution in [3.8, 4) is 0 Å². The van der Waals surface area contributed by atoms with E-state index in [2.05, 4.69) is 61.6 Å². The molecule has 110 valence electrons. The molecule has 0 saturated heterocycles. The molecule has 0 aliphatic carbocycles. The Morgan fingerprint density at radius 1 is 1.26 bits per heavy atom. The molecule has 1 heterocycles. The molecule has 2 atom stereocenters. The highest BCUT2D eigenvalue weighted by atomic mass is 15.2. The van der Waals surface area contributed by atoms with Gasteiger partial charge in [-0.1, -0.05) is 20.8 Å². The van der Waals surface area contributed by atoms with Crippen LogP contribution in [-0.2, 0) is 13.6 Å². The van der Waals surface area contributed by atoms with Crippen LogP contribution in [0.15, 0.2) is 12.4 Å². The molecule has 0 fully saturated rings. The van der Waals surface area contributed by atoms with E-state index in [9.17, 15) is 0 Å². The SMILES string of the molecule is CC(C)CNCC(C)C(C)N(C)Cc1nccn1C. The first-order chi connectivity index (χ1) is 8.91. The lowest BCUT2D eigenvalue weighted by Crippen LogP contribution is -2.39. The van der Waals surface area contributed by atoms with Gasteiger partial charge < -0.3 is 9.88 Å². The first-order valence-electron chi connectivity index (χ1n) is 7.29. The fourth-order valence-corrected chi connectivity index (χ4v) is 2.12. The van der Waals surface area contributed by atoms with Crippen LogP contribution in [0.4, 0.5) is 0 Å². The maximum absolute atomic E-state index is 4.39. The number of hydrogen-bond acceptors (Lipinski definition) is 3. The van der Waals surface area contributed by atoms with Gasteiger partial charge in [0.25, 0.3) is 0 Å². The van der Waals surface area contributed by atoms with Gasteiger partial charge in [0.1, 0.15) is 5.82 Å². The second-order valence-corrected chi connectivity index (χ2v) is 6.14. The maximum atomic E-state index is 4.39. The van der Waals surface area contributed by atoms with Crippen molar-refractivity contribution in [2.75, 3.05) is 20.1 Å². The number of rotatable bonds is 8. The van der Waals surface area contributed by atoms with E-state index in [0.29, 0.717) is 17.9 Å². The number of aromatic nitrogens is 2. The molecule has 0 radical (unpaired) electrons. The average Bonchev–Trinajstić information content (AvgIpc) is 2.73. The van der Waals surface area contributed by atoms with Crippen LogP contribution in [-0.4, -0.2) is 40.6 Å². The zero-order valence-corrected chi connectivity index (χ0v) is 13.3. The number of nitrogens with zero attached hydrogens (tertiary/aromatic N) is 3. The summed E-state index contributed by atoms with van der Waals surface area (Å²) in [6.07, 6.45) is 3.86. The van der Waals surface area contributed by atoms with E-state index in [-0.39, 0.29) is 0 Å². The third-order valence-electron chi connectivity index (χ3n) is 3.85. The van der Waals surface area contributed by atoms with Crippen molar-refractivity contribution in [3.63, 3.8) is 0 Å². The highest BCUT2D eigenvalue weighted by Gasteiger charge is 2.18. The quantitative estimate of drug-likeness (QED) is 0.782. The molecule has 1 rings (SSSR count). The van der Waals surface area contributed by atoms with Gasteiger partial charge in [0.15, 0.2) is 0 Å². The van der Waals surface area contributed by atoms with E-state index in [1.807, 2.05) is 12.4 Å². The lowest BCUT2D eigenvalue weighted by Gasteiger charge is -2.30. The molecule has 0 aliphatic rings. The normalized spacial score (nSPS) is 15.2. The maximum Gasteiger partial charge on any atom is 0.122 e. The van der Waals surface area contributed by atoms with Gasteiger partial charge in [-0.2, -0.15) is 0 Å². The van der Waals surface area contributed by atoms with Crippen molar-refractivity contribution < 1.29 is 0 Å². The fraction of sp³-hybridized carbons (Fsp3) is 0.800. The van der Waals surface area contributed by atoms with E-state index < -0.39 is 0 Å². The zero-order valence-electron chi connectivity index (χ0n) is 13.3. The van der Waals surface area contributed by atoms with Crippen LogP contribution in [0, 0.1) is 11.8 Å². The third kappa shape index (κ3) is 5.33. The molecule has 0 spiro atoms. The lowest BCUT2D eigenvalue weighted by molar-refractivity contribution is 0.182. The number of imidazole rings is 1. The molecule has 2 unspecified atom stereocenters. The summed E-state index contributed by atoms with van der Waals surface area (Å²) >= 11 is 0. The largest absolute Gasteiger partial charge is 0.337 e. The number of nitrogens with one attached hydrogen (secondary N) is 1. The topological polar surface area (TPSA) is 33.1 Å². The standard InChI is InChI=1S/C15H30N4/c1-12(2)9-16-10-13(3)14(4)19(6)11-15-17-7-8-18(15)5/h7-8,12-14,16H,9-11H2,1-6H3. The summed E-state index contributed by atoms with van der Waals surface area (Å²) in [4.78, 5) is 6.77. The van der Waals surface area contributed by atoms with E-state index in [4.69, 9.17) is 0 Å². The summed E-state index contributed by atoms with van der Waals surface area (Å²) in [5, 5.41) is 3.54. The summed E-state index contributed by atoms with van der Waals surface area (Å²) < 4.78 is 2.09. The van der Waals surface area contributed by atoms with Gasteiger partial charge in [-0.15, -0.1) is 0 Å². The Balaban J connectivity index is 2.38. The van der Waals surface area contributed by atoms with Crippen molar-refractivity contribution in [1.82, 2.24) is 19.8 Å². The van der Waals surface area contributed by atoms with Crippen molar-refractivity contribution in [1.29, 1.82) is 0 Å². The summed E-state index contributed by atoms with van der Waals surface area (Å²) in [6, 6.07) is 0.538. The van der Waals surface area contributed by atoms with Gasteiger partial charge in [-0.3, -0.25) is 4.90 Å². The van der Waals surface area contributed by atoms with Crippen LogP contribution in [0.25, 0.3) is 0 Å². The monoisotopic (exact) mass is 266 g/mol. The summed E-state index contributed by atoms with van der Waals surface area (Å²) in [7, 11) is 4.23. The highest BCUT2D eigenvalue weighted by Crippen LogP contribution is 2.11. The van der Waals surface area contributed by atoms with Gasteiger partial charge in [-0.25, -0.2) is 4.98 Å². The Bertz CT molecular complexity index is 359. The minimum Gasteiger partial charge on any atom is -0.337 e. The van der Waals surface area contributed by atoms with E-state index >= 15 is 0 Å².